The highest BCUT2D eigenvalue weighted by Gasteiger charge is 2.25. The van der Waals surface area contributed by atoms with Gasteiger partial charge >= 0.3 is 0 Å². The third-order valence-corrected chi connectivity index (χ3v) is 13.5. The van der Waals surface area contributed by atoms with Crippen LogP contribution in [0, 0.1) is 27.7 Å². The van der Waals surface area contributed by atoms with Gasteiger partial charge in [0, 0.05) is 44.0 Å². The van der Waals surface area contributed by atoms with Crippen LogP contribution in [0.1, 0.15) is 22.3 Å². The van der Waals surface area contributed by atoms with Crippen LogP contribution in [-0.4, -0.2) is 0 Å². The molecule has 12 aromatic rings. The number of hydrogen-bond donors (Lipinski definition) is 0. The van der Waals surface area contributed by atoms with Crippen molar-refractivity contribution >= 4 is 78.0 Å². The number of anilines is 6. The molecule has 0 radical (unpaired) electrons. The molecule has 0 bridgehead atoms. The average Bonchev–Trinajstić information content (AvgIpc) is 3.94. The number of aryl methyl sites for hydroxylation is 4. The third-order valence-electron chi connectivity index (χ3n) is 13.5. The van der Waals surface area contributed by atoms with Gasteiger partial charge in [0.25, 0.3) is 0 Å². The fourth-order valence-electron chi connectivity index (χ4n) is 10.5. The molecule has 0 fully saturated rings. The summed E-state index contributed by atoms with van der Waals surface area (Å²) in [4.78, 5) is 4.89. The Bertz CT molecular complexity index is 3560. The molecular formula is C64H48N2O2. The summed E-state index contributed by atoms with van der Waals surface area (Å²) in [5.41, 5.74) is 21.9. The van der Waals surface area contributed by atoms with Crippen LogP contribution in [-0.2, 0) is 0 Å². The van der Waals surface area contributed by atoms with Crippen LogP contribution in [0.3, 0.4) is 0 Å². The van der Waals surface area contributed by atoms with E-state index in [0.717, 1.165) is 89.1 Å². The van der Waals surface area contributed by atoms with E-state index in [1.54, 1.807) is 0 Å². The van der Waals surface area contributed by atoms with E-state index in [9.17, 15) is 0 Å². The molecule has 4 nitrogen and oxygen atoms in total. The molecule has 68 heavy (non-hydrogen) atoms. The quantitative estimate of drug-likeness (QED) is 0.145. The van der Waals surface area contributed by atoms with E-state index in [-0.39, 0.29) is 0 Å². The number of nitrogens with zero attached hydrogens (tertiary/aromatic N) is 2. The molecule has 0 amide bonds. The Kier molecular flexibility index (Phi) is 10.0. The molecule has 0 atom stereocenters. The second-order valence-electron chi connectivity index (χ2n) is 17.9. The first-order valence-electron chi connectivity index (χ1n) is 23.3. The normalized spacial score (nSPS) is 11.5. The maximum absolute atomic E-state index is 6.33. The van der Waals surface area contributed by atoms with Crippen molar-refractivity contribution in [2.75, 3.05) is 9.80 Å². The van der Waals surface area contributed by atoms with Gasteiger partial charge in [0.2, 0.25) is 0 Å². The molecule has 4 heteroatoms. The molecule has 0 aliphatic heterocycles. The van der Waals surface area contributed by atoms with Gasteiger partial charge in [-0.25, -0.2) is 0 Å². The van der Waals surface area contributed by atoms with Crippen molar-refractivity contribution < 1.29 is 8.83 Å². The van der Waals surface area contributed by atoms with Crippen molar-refractivity contribution in [1.82, 2.24) is 0 Å². The fourth-order valence-corrected chi connectivity index (χ4v) is 10.5. The molecule has 0 saturated carbocycles. The predicted molar refractivity (Wildman–Crippen MR) is 286 cm³/mol. The Hall–Kier alpha value is -8.60. The Morgan fingerprint density at radius 2 is 0.618 bits per heavy atom. The Morgan fingerprint density at radius 1 is 0.279 bits per heavy atom. The first-order valence-corrected chi connectivity index (χ1v) is 23.3. The van der Waals surface area contributed by atoms with Crippen molar-refractivity contribution in [2.45, 2.75) is 27.7 Å². The Morgan fingerprint density at radius 3 is 1.03 bits per heavy atom. The highest BCUT2D eigenvalue weighted by molar-refractivity contribution is 6.08. The molecule has 0 aliphatic rings. The number of para-hydroxylation sites is 4. The van der Waals surface area contributed by atoms with Gasteiger partial charge in [0.05, 0.1) is 22.7 Å². The molecule has 0 saturated heterocycles. The second kappa shape index (κ2) is 16.7. The summed E-state index contributed by atoms with van der Waals surface area (Å²) in [5.74, 6) is 0. The fraction of sp³-hybridized carbons (Fsp3) is 0.0625. The molecule has 326 valence electrons. The summed E-state index contributed by atoms with van der Waals surface area (Å²) in [5, 5.41) is 4.40. The number of rotatable bonds is 9. The minimum Gasteiger partial charge on any atom is -0.456 e. The lowest BCUT2D eigenvalue weighted by molar-refractivity contribution is 0.668. The lowest BCUT2D eigenvalue weighted by Gasteiger charge is -2.32. The van der Waals surface area contributed by atoms with Gasteiger partial charge in [-0.05, 0) is 157 Å². The molecular weight excluding hydrogens is 829 g/mol. The number of fused-ring (bicyclic) bond motifs is 6. The van der Waals surface area contributed by atoms with Gasteiger partial charge in [-0.1, -0.05) is 133 Å². The lowest BCUT2D eigenvalue weighted by atomic mass is 9.93. The molecule has 0 aliphatic carbocycles. The lowest BCUT2D eigenvalue weighted by Crippen LogP contribution is -2.14. The van der Waals surface area contributed by atoms with Crippen LogP contribution in [0.4, 0.5) is 34.1 Å². The van der Waals surface area contributed by atoms with Crippen LogP contribution in [0.5, 0.6) is 0 Å². The van der Waals surface area contributed by atoms with Crippen LogP contribution in [0.2, 0.25) is 0 Å². The van der Waals surface area contributed by atoms with Crippen molar-refractivity contribution in [3.05, 3.63) is 241 Å². The van der Waals surface area contributed by atoms with Crippen LogP contribution in [0.25, 0.3) is 77.3 Å². The van der Waals surface area contributed by atoms with Crippen LogP contribution < -0.4 is 9.80 Å². The SMILES string of the molecule is Cc1cc(-c2cc(C)c(N(c3ccc4oc5ccccc5c4c3)c3ccccc3-c3ccccc3)c(C)c2)cc(C)c1N(c1ccc2oc3ccccc3c2c1)c1ccccc1-c1ccccc1. The first kappa shape index (κ1) is 40.9. The number of furan rings is 2. The summed E-state index contributed by atoms with van der Waals surface area (Å²) >= 11 is 0. The average molecular weight is 877 g/mol. The van der Waals surface area contributed by atoms with E-state index < -0.39 is 0 Å². The number of benzene rings is 10. The topological polar surface area (TPSA) is 32.8 Å². The van der Waals surface area contributed by atoms with Gasteiger partial charge in [0.1, 0.15) is 22.3 Å². The minimum absolute atomic E-state index is 0.877. The molecule has 10 aromatic carbocycles. The highest BCUT2D eigenvalue weighted by Crippen LogP contribution is 2.48. The maximum atomic E-state index is 6.33. The highest BCUT2D eigenvalue weighted by atomic mass is 16.3. The number of hydrogen-bond acceptors (Lipinski definition) is 4. The zero-order valence-corrected chi connectivity index (χ0v) is 38.5. The van der Waals surface area contributed by atoms with E-state index in [2.05, 4.69) is 232 Å². The summed E-state index contributed by atoms with van der Waals surface area (Å²) in [6.07, 6.45) is 0. The standard InChI is InChI=1S/C64H48N2O2/c1-41-35-47(36-42(2)63(41)65(57-27-15-11-23-51(57)45-19-7-5-8-20-45)49-31-33-61-55(39-49)53-25-13-17-29-59(53)67-61)48-37-43(3)64(44(4)38-48)66(58-28-16-12-24-52(58)46-21-9-6-10-22-46)50-32-34-62-56(40-50)54-26-14-18-30-60(54)68-62/h5-40H,1-4H3. The van der Waals surface area contributed by atoms with Gasteiger partial charge in [0.15, 0.2) is 0 Å². The van der Waals surface area contributed by atoms with Crippen molar-refractivity contribution in [2.24, 2.45) is 0 Å². The molecule has 0 unspecified atom stereocenters. The van der Waals surface area contributed by atoms with Crippen molar-refractivity contribution in [3.8, 4) is 33.4 Å². The molecule has 12 rings (SSSR count). The zero-order chi connectivity index (χ0) is 45.9. The molecule has 0 spiro atoms. The van der Waals surface area contributed by atoms with E-state index in [1.165, 1.54) is 44.5 Å². The summed E-state index contributed by atoms with van der Waals surface area (Å²) < 4.78 is 12.7. The summed E-state index contributed by atoms with van der Waals surface area (Å²) in [6, 6.07) is 78.1. The van der Waals surface area contributed by atoms with Gasteiger partial charge in [-0.2, -0.15) is 0 Å². The van der Waals surface area contributed by atoms with Gasteiger partial charge in [-0.15, -0.1) is 0 Å². The Labute approximate surface area is 396 Å². The monoisotopic (exact) mass is 876 g/mol. The van der Waals surface area contributed by atoms with Crippen LogP contribution >= 0.6 is 0 Å². The smallest absolute Gasteiger partial charge is 0.135 e. The van der Waals surface area contributed by atoms with E-state index in [1.807, 2.05) is 24.3 Å². The van der Waals surface area contributed by atoms with Crippen molar-refractivity contribution in [3.63, 3.8) is 0 Å². The largest absolute Gasteiger partial charge is 0.456 e. The van der Waals surface area contributed by atoms with Gasteiger partial charge < -0.3 is 18.6 Å². The van der Waals surface area contributed by atoms with Crippen molar-refractivity contribution in [1.29, 1.82) is 0 Å². The first-order chi connectivity index (χ1) is 33.4. The van der Waals surface area contributed by atoms with Crippen LogP contribution in [0.15, 0.2) is 227 Å². The summed E-state index contributed by atoms with van der Waals surface area (Å²) in [6.45, 7) is 9.01. The molecule has 0 N–H and O–H groups in total. The van der Waals surface area contributed by atoms with E-state index in [4.69, 9.17) is 8.83 Å². The zero-order valence-electron chi connectivity index (χ0n) is 38.5. The maximum Gasteiger partial charge on any atom is 0.135 e. The van der Waals surface area contributed by atoms with Gasteiger partial charge in [-0.3, -0.25) is 0 Å². The molecule has 2 aromatic heterocycles. The van der Waals surface area contributed by atoms with E-state index in [0.29, 0.717) is 0 Å². The second-order valence-corrected chi connectivity index (χ2v) is 17.9. The Balaban J connectivity index is 1.01. The minimum atomic E-state index is 0.877. The predicted octanol–water partition coefficient (Wildman–Crippen LogP) is 18.7. The van der Waals surface area contributed by atoms with E-state index >= 15 is 0 Å². The third kappa shape index (κ3) is 7.01. The molecule has 2 heterocycles. The summed E-state index contributed by atoms with van der Waals surface area (Å²) in [7, 11) is 0.